The van der Waals surface area contributed by atoms with Crippen molar-refractivity contribution in [1.29, 1.82) is 0 Å². The summed E-state index contributed by atoms with van der Waals surface area (Å²) in [5.41, 5.74) is 33.1. The van der Waals surface area contributed by atoms with Crippen molar-refractivity contribution in [1.82, 2.24) is 48.2 Å². The molecule has 0 aliphatic carbocycles. The van der Waals surface area contributed by atoms with Gasteiger partial charge in [-0.2, -0.15) is 0 Å². The van der Waals surface area contributed by atoms with Crippen molar-refractivity contribution in [3.8, 4) is 89.5 Å². The van der Waals surface area contributed by atoms with Crippen LogP contribution in [0.25, 0.3) is 263 Å². The first-order chi connectivity index (χ1) is 66.4. The number of thiophene rings is 1. The second-order valence-electron chi connectivity index (χ2n) is 34.2. The molecule has 0 saturated heterocycles. The fraction of sp³-hybridized carbons (Fsp3) is 0. The van der Waals surface area contributed by atoms with Gasteiger partial charge in [-0.05, 0) is 255 Å². The lowest BCUT2D eigenvalue weighted by atomic mass is 9.96. The molecule has 0 amide bonds. The molecule has 134 heavy (non-hydrogen) atoms. The van der Waals surface area contributed by atoms with E-state index in [1.165, 1.54) is 64.3 Å². The molecule has 29 aromatic rings. The molecule has 0 spiro atoms. The van der Waals surface area contributed by atoms with Gasteiger partial charge < -0.3 is 31.5 Å². The number of rotatable bonds is 10. The molecule has 14 heterocycles. The van der Waals surface area contributed by atoms with Crippen molar-refractivity contribution in [2.45, 2.75) is 0 Å². The van der Waals surface area contributed by atoms with Crippen LogP contribution in [-0.4, -0.2) is 48.2 Å². The van der Waals surface area contributed by atoms with E-state index in [-0.39, 0.29) is 0 Å². The normalized spacial score (nSPS) is 11.9. The van der Waals surface area contributed by atoms with E-state index < -0.39 is 0 Å². The third-order valence-electron chi connectivity index (χ3n) is 26.6. The standard InChI is InChI=1S/C45H27N5O.C40H23N3OS.C35H22N2O/c1-3-11-39-37(10-1)45-40(12-6-18-48-45)49(39)32-22-31(23-33(25-32)50-41-26-46-19-16-34(41)35-17-20-47-27-42(35)50)29-8-5-7-28(21-29)30-14-15-44-38(24-30)36-9-2-4-13-43(36)51-44;1-3-7-37-31(5-1)33-20-24(9-11-38(33)44-37)26-17-27(25-10-12-40-34(21-25)32-6-2-4-8-39(32)45-40)19-28(18-26)43-35-22-41-15-13-29(35)30-14-16-42-23-36(30)43;1-3-13-32-28(11-1)29-17-18-36-22-33(29)37(32)27-10-6-9-25(20-27)23-7-5-8-24(19-23)26-15-16-35-31(21-26)30-12-2-4-14-34(30)38-35/h1-27H;1-23H;1-22H. The van der Waals surface area contributed by atoms with Crippen LogP contribution in [0.1, 0.15) is 0 Å². The third-order valence-corrected chi connectivity index (χ3v) is 27.7. The molecule has 0 fully saturated rings. The predicted octanol–water partition coefficient (Wildman–Crippen LogP) is 31.9. The molecule has 0 bridgehead atoms. The number of para-hydroxylation sites is 5. The Morgan fingerprint density at radius 3 is 0.963 bits per heavy atom. The van der Waals surface area contributed by atoms with Gasteiger partial charge in [-0.15, -0.1) is 11.3 Å². The summed E-state index contributed by atoms with van der Waals surface area (Å²) in [6.07, 6.45) is 20.9. The molecule has 626 valence electrons. The van der Waals surface area contributed by atoms with Gasteiger partial charge in [-0.25, -0.2) is 0 Å². The Hall–Kier alpha value is -18.0. The first kappa shape index (κ1) is 76.1. The lowest BCUT2D eigenvalue weighted by Crippen LogP contribution is -2.00. The van der Waals surface area contributed by atoms with Gasteiger partial charge in [0, 0.05) is 150 Å². The van der Waals surface area contributed by atoms with Crippen LogP contribution in [0.2, 0.25) is 0 Å². The highest BCUT2D eigenvalue weighted by atomic mass is 32.1. The first-order valence-electron chi connectivity index (χ1n) is 44.7. The van der Waals surface area contributed by atoms with Gasteiger partial charge >= 0.3 is 0 Å². The van der Waals surface area contributed by atoms with Crippen molar-refractivity contribution >= 4 is 185 Å². The van der Waals surface area contributed by atoms with E-state index in [0.29, 0.717) is 0 Å². The molecule has 0 atom stereocenters. The van der Waals surface area contributed by atoms with Crippen LogP contribution in [0.4, 0.5) is 0 Å². The topological polar surface area (TPSA) is 136 Å². The molecule has 0 saturated carbocycles. The fourth-order valence-electron chi connectivity index (χ4n) is 20.4. The van der Waals surface area contributed by atoms with Crippen molar-refractivity contribution in [3.63, 3.8) is 0 Å². The highest BCUT2D eigenvalue weighted by molar-refractivity contribution is 7.25. The monoisotopic (exact) mass is 1730 g/mol. The lowest BCUT2D eigenvalue weighted by Gasteiger charge is -2.16. The minimum Gasteiger partial charge on any atom is -0.456 e. The fourth-order valence-corrected chi connectivity index (χ4v) is 21.5. The molecule has 0 radical (unpaired) electrons. The number of fused-ring (bicyclic) bond motifs is 24. The molecule has 14 aromatic heterocycles. The van der Waals surface area contributed by atoms with Crippen molar-refractivity contribution in [2.24, 2.45) is 0 Å². The largest absolute Gasteiger partial charge is 0.456 e. The predicted molar refractivity (Wildman–Crippen MR) is 551 cm³/mol. The van der Waals surface area contributed by atoms with E-state index in [2.05, 4.69) is 371 Å². The summed E-state index contributed by atoms with van der Waals surface area (Å²) in [4.78, 5) is 27.4. The summed E-state index contributed by atoms with van der Waals surface area (Å²) in [5, 5.41) is 17.5. The highest BCUT2D eigenvalue weighted by Crippen LogP contribution is 2.46. The molecule has 14 heteroatoms. The van der Waals surface area contributed by atoms with Crippen molar-refractivity contribution in [2.75, 3.05) is 0 Å². The summed E-state index contributed by atoms with van der Waals surface area (Å²) in [7, 11) is 0. The molecule has 15 aromatic carbocycles. The Balaban J connectivity index is 0.000000103. The first-order valence-corrected chi connectivity index (χ1v) is 45.5. The maximum atomic E-state index is 6.17. The van der Waals surface area contributed by atoms with Crippen LogP contribution in [0, 0.1) is 0 Å². The number of pyridine rings is 6. The maximum absolute atomic E-state index is 6.17. The molecular formula is C120H72N10O3S. The van der Waals surface area contributed by atoms with Gasteiger partial charge in [-0.1, -0.05) is 182 Å². The average Bonchev–Trinajstić information content (AvgIpc) is 1.55. The second-order valence-corrected chi connectivity index (χ2v) is 35.3. The van der Waals surface area contributed by atoms with E-state index in [1.807, 2.05) is 122 Å². The molecular weight excluding hydrogens is 1660 g/mol. The molecule has 29 rings (SSSR count). The van der Waals surface area contributed by atoms with Crippen molar-refractivity contribution in [3.05, 3.63) is 438 Å². The SMILES string of the molecule is c1cc(-c2cc(-n3c4cnccc4c4ccncc43)cc(-n3c4ccccc4c4ncccc43)c2)cc(-c2ccc3oc4ccccc4c3c2)c1.c1cc(-c2cccc(-n3c4ccccc4c4ccncc43)c2)cc(-c2ccc3oc4ccccc4c3c2)c1.c1ccc2c(c1)oc1ccc(-c3cc(-c4ccc5sc6ccccc6c5c4)cc(-n4c5cnccc5c5ccncc54)c3)cc12. The highest BCUT2D eigenvalue weighted by Gasteiger charge is 2.24. The third kappa shape index (κ3) is 12.6. The smallest absolute Gasteiger partial charge is 0.135 e. The Morgan fingerprint density at radius 1 is 0.172 bits per heavy atom. The zero-order valence-electron chi connectivity index (χ0n) is 71.7. The average molecular weight is 1730 g/mol. The number of benzene rings is 15. The van der Waals surface area contributed by atoms with E-state index in [4.69, 9.17) is 18.2 Å². The zero-order valence-corrected chi connectivity index (χ0v) is 72.5. The summed E-state index contributed by atoms with van der Waals surface area (Å²) >= 11 is 1.85. The Kier molecular flexibility index (Phi) is 17.5. The van der Waals surface area contributed by atoms with Gasteiger partial charge in [0.25, 0.3) is 0 Å². The van der Waals surface area contributed by atoms with Gasteiger partial charge in [0.15, 0.2) is 0 Å². The number of aromatic nitrogens is 10. The summed E-state index contributed by atoms with van der Waals surface area (Å²) < 4.78 is 30.2. The lowest BCUT2D eigenvalue weighted by molar-refractivity contribution is 0.668. The minimum atomic E-state index is 0.893. The maximum Gasteiger partial charge on any atom is 0.135 e. The summed E-state index contributed by atoms with van der Waals surface area (Å²) in [5.74, 6) is 0. The number of hydrogen-bond acceptors (Lipinski definition) is 10. The van der Waals surface area contributed by atoms with Crippen LogP contribution < -0.4 is 0 Å². The van der Waals surface area contributed by atoms with E-state index >= 15 is 0 Å². The van der Waals surface area contributed by atoms with Gasteiger partial charge in [0.2, 0.25) is 0 Å². The van der Waals surface area contributed by atoms with Crippen LogP contribution >= 0.6 is 11.3 Å². The zero-order chi connectivity index (χ0) is 88.0. The molecule has 0 aliphatic heterocycles. The Labute approximate surface area is 768 Å². The molecule has 13 nitrogen and oxygen atoms in total. The summed E-state index contributed by atoms with van der Waals surface area (Å²) in [6.45, 7) is 0. The molecule has 0 N–H and O–H groups in total. The van der Waals surface area contributed by atoms with Gasteiger partial charge in [0.1, 0.15) is 33.5 Å². The van der Waals surface area contributed by atoms with Crippen LogP contribution in [0.5, 0.6) is 0 Å². The number of hydrogen-bond donors (Lipinski definition) is 0. The number of nitrogens with zero attached hydrogens (tertiary/aromatic N) is 10. The van der Waals surface area contributed by atoms with Crippen LogP contribution in [-0.2, 0) is 0 Å². The minimum absolute atomic E-state index is 0.893. The Morgan fingerprint density at radius 2 is 0.478 bits per heavy atom. The molecule has 0 aliphatic rings. The van der Waals surface area contributed by atoms with Crippen molar-refractivity contribution < 1.29 is 13.3 Å². The Bertz CT molecular complexity index is 9390. The second kappa shape index (κ2) is 30.9. The quantitative estimate of drug-likeness (QED) is 0.131. The van der Waals surface area contributed by atoms with Gasteiger partial charge in [-0.3, -0.25) is 29.9 Å². The van der Waals surface area contributed by atoms with Crippen LogP contribution in [0.15, 0.2) is 451 Å². The van der Waals surface area contributed by atoms with E-state index in [9.17, 15) is 0 Å². The molecule has 0 unspecified atom stereocenters. The number of furan rings is 3. The van der Waals surface area contributed by atoms with Gasteiger partial charge in [0.05, 0.1) is 80.6 Å². The summed E-state index contributed by atoms with van der Waals surface area (Å²) in [6, 6.07) is 131. The van der Waals surface area contributed by atoms with E-state index in [1.54, 1.807) is 0 Å². The van der Waals surface area contributed by atoms with E-state index in [0.717, 1.165) is 199 Å². The van der Waals surface area contributed by atoms with Crippen LogP contribution in [0.3, 0.4) is 0 Å².